The predicted octanol–water partition coefficient (Wildman–Crippen LogP) is 2.43. The molecule has 0 spiro atoms. The van der Waals surface area contributed by atoms with Crippen molar-refractivity contribution in [2.75, 3.05) is 26.2 Å². The third-order valence-corrected chi connectivity index (χ3v) is 4.96. The number of nitrogens with zero attached hydrogens (tertiary/aromatic N) is 5. The van der Waals surface area contributed by atoms with Crippen LogP contribution in [0.2, 0.25) is 5.02 Å². The van der Waals surface area contributed by atoms with Crippen LogP contribution in [0.5, 0.6) is 0 Å². The summed E-state index contributed by atoms with van der Waals surface area (Å²) < 4.78 is 1.68. The lowest BCUT2D eigenvalue weighted by atomic mass is 10.2. The number of rotatable bonds is 4. The summed E-state index contributed by atoms with van der Waals surface area (Å²) in [5.74, 6) is 0.0862. The standard InChI is InChI=1S/C19H20ClN5O/c20-16-5-3-4-15(12-16)13-23-8-10-24(11-9-23)19(26)14-25-18-7-2-1-6-17(18)21-22-25/h1-7,12H,8-11,13-14H2. The molecule has 134 valence electrons. The smallest absolute Gasteiger partial charge is 0.244 e. The van der Waals surface area contributed by atoms with E-state index in [2.05, 4.69) is 21.3 Å². The Morgan fingerprint density at radius 3 is 2.65 bits per heavy atom. The Morgan fingerprint density at radius 2 is 1.85 bits per heavy atom. The van der Waals surface area contributed by atoms with E-state index in [1.807, 2.05) is 47.4 Å². The summed E-state index contributed by atoms with van der Waals surface area (Å²) in [7, 11) is 0. The minimum absolute atomic E-state index is 0.0862. The van der Waals surface area contributed by atoms with Gasteiger partial charge in [0.05, 0.1) is 5.52 Å². The number of hydrogen-bond donors (Lipinski definition) is 0. The SMILES string of the molecule is O=C(Cn1nnc2ccccc21)N1CCN(Cc2cccc(Cl)c2)CC1. The Morgan fingerprint density at radius 1 is 1.04 bits per heavy atom. The maximum absolute atomic E-state index is 12.6. The average Bonchev–Trinajstić information content (AvgIpc) is 3.05. The van der Waals surface area contributed by atoms with Crippen molar-refractivity contribution in [1.82, 2.24) is 24.8 Å². The van der Waals surface area contributed by atoms with E-state index in [4.69, 9.17) is 11.6 Å². The second kappa shape index (κ2) is 7.43. The average molecular weight is 370 g/mol. The largest absolute Gasteiger partial charge is 0.339 e. The van der Waals surface area contributed by atoms with Gasteiger partial charge in [0.2, 0.25) is 5.91 Å². The fourth-order valence-electron chi connectivity index (χ4n) is 3.31. The number of amides is 1. The summed E-state index contributed by atoms with van der Waals surface area (Å²) in [6.45, 7) is 4.26. The number of hydrogen-bond acceptors (Lipinski definition) is 4. The van der Waals surface area contributed by atoms with Crippen molar-refractivity contribution in [1.29, 1.82) is 0 Å². The van der Waals surface area contributed by atoms with Gasteiger partial charge in [-0.2, -0.15) is 0 Å². The molecule has 0 atom stereocenters. The van der Waals surface area contributed by atoms with Gasteiger partial charge in [0, 0.05) is 37.7 Å². The molecule has 1 amide bonds. The lowest BCUT2D eigenvalue weighted by Crippen LogP contribution is -2.49. The summed E-state index contributed by atoms with van der Waals surface area (Å²) in [6.07, 6.45) is 0. The van der Waals surface area contributed by atoms with Crippen molar-refractivity contribution < 1.29 is 4.79 Å². The highest BCUT2D eigenvalue weighted by molar-refractivity contribution is 6.30. The number of benzene rings is 2. The topological polar surface area (TPSA) is 54.3 Å². The highest BCUT2D eigenvalue weighted by atomic mass is 35.5. The molecule has 0 N–H and O–H groups in total. The molecule has 1 aliphatic heterocycles. The fourth-order valence-corrected chi connectivity index (χ4v) is 3.52. The Hall–Kier alpha value is -2.44. The molecule has 2 aromatic carbocycles. The zero-order valence-electron chi connectivity index (χ0n) is 14.4. The van der Waals surface area contributed by atoms with Crippen LogP contribution in [-0.4, -0.2) is 56.9 Å². The summed E-state index contributed by atoms with van der Waals surface area (Å²) in [4.78, 5) is 16.9. The van der Waals surface area contributed by atoms with Gasteiger partial charge in [0.15, 0.2) is 0 Å². The number of aromatic nitrogens is 3. The second-order valence-electron chi connectivity index (χ2n) is 6.52. The highest BCUT2D eigenvalue weighted by Gasteiger charge is 2.22. The van der Waals surface area contributed by atoms with Gasteiger partial charge in [0.1, 0.15) is 12.1 Å². The molecule has 1 aliphatic rings. The van der Waals surface area contributed by atoms with Gasteiger partial charge >= 0.3 is 0 Å². The van der Waals surface area contributed by atoms with Crippen LogP contribution >= 0.6 is 11.6 Å². The maximum atomic E-state index is 12.6. The molecule has 0 bridgehead atoms. The second-order valence-corrected chi connectivity index (χ2v) is 6.96. The van der Waals surface area contributed by atoms with Crippen molar-refractivity contribution in [3.63, 3.8) is 0 Å². The number of halogens is 1. The van der Waals surface area contributed by atoms with Gasteiger partial charge in [-0.3, -0.25) is 9.69 Å². The molecule has 4 rings (SSSR count). The van der Waals surface area contributed by atoms with E-state index in [1.54, 1.807) is 4.68 Å². The fraction of sp³-hybridized carbons (Fsp3) is 0.316. The molecular weight excluding hydrogens is 350 g/mol. The highest BCUT2D eigenvalue weighted by Crippen LogP contribution is 2.15. The van der Waals surface area contributed by atoms with E-state index < -0.39 is 0 Å². The Bertz CT molecular complexity index is 917. The Balaban J connectivity index is 1.33. The van der Waals surface area contributed by atoms with Crippen LogP contribution in [0.3, 0.4) is 0 Å². The third kappa shape index (κ3) is 3.71. The first-order chi connectivity index (χ1) is 12.7. The van der Waals surface area contributed by atoms with Crippen molar-refractivity contribution in [2.45, 2.75) is 13.1 Å². The van der Waals surface area contributed by atoms with Crippen LogP contribution in [0.1, 0.15) is 5.56 Å². The van der Waals surface area contributed by atoms with Crippen LogP contribution in [0, 0.1) is 0 Å². The molecule has 7 heteroatoms. The molecule has 0 radical (unpaired) electrons. The van der Waals surface area contributed by atoms with E-state index in [1.165, 1.54) is 5.56 Å². The van der Waals surface area contributed by atoms with E-state index >= 15 is 0 Å². The summed E-state index contributed by atoms with van der Waals surface area (Å²) in [5, 5.41) is 8.97. The van der Waals surface area contributed by atoms with Crippen LogP contribution in [0.25, 0.3) is 11.0 Å². The minimum atomic E-state index is 0.0862. The zero-order valence-corrected chi connectivity index (χ0v) is 15.1. The molecule has 0 unspecified atom stereocenters. The molecule has 0 aliphatic carbocycles. The van der Waals surface area contributed by atoms with Crippen molar-refractivity contribution in [3.8, 4) is 0 Å². The normalized spacial score (nSPS) is 15.5. The van der Waals surface area contributed by atoms with Crippen molar-refractivity contribution in [2.24, 2.45) is 0 Å². The molecule has 6 nitrogen and oxygen atoms in total. The van der Waals surface area contributed by atoms with Gasteiger partial charge in [-0.1, -0.05) is 41.1 Å². The van der Waals surface area contributed by atoms with Crippen molar-refractivity contribution in [3.05, 3.63) is 59.1 Å². The number of piperazine rings is 1. The van der Waals surface area contributed by atoms with E-state index in [9.17, 15) is 4.79 Å². The zero-order chi connectivity index (χ0) is 17.9. The number of fused-ring (bicyclic) bond motifs is 1. The van der Waals surface area contributed by atoms with Crippen LogP contribution in [-0.2, 0) is 17.9 Å². The first kappa shape index (κ1) is 17.0. The third-order valence-electron chi connectivity index (χ3n) is 4.73. The molecule has 1 aromatic heterocycles. The van der Waals surface area contributed by atoms with Gasteiger partial charge in [-0.25, -0.2) is 4.68 Å². The van der Waals surface area contributed by atoms with Crippen LogP contribution < -0.4 is 0 Å². The summed E-state index contributed by atoms with van der Waals surface area (Å²) in [6, 6.07) is 15.6. The van der Waals surface area contributed by atoms with E-state index in [0.717, 1.165) is 48.8 Å². The molecule has 3 aromatic rings. The van der Waals surface area contributed by atoms with Gasteiger partial charge in [0.25, 0.3) is 0 Å². The number of carbonyl (C=O) groups excluding carboxylic acids is 1. The molecule has 1 saturated heterocycles. The number of para-hydroxylation sites is 1. The van der Waals surface area contributed by atoms with Gasteiger partial charge in [-0.15, -0.1) is 5.10 Å². The monoisotopic (exact) mass is 369 g/mol. The molecule has 1 fully saturated rings. The van der Waals surface area contributed by atoms with Crippen LogP contribution in [0.15, 0.2) is 48.5 Å². The van der Waals surface area contributed by atoms with Gasteiger partial charge < -0.3 is 4.90 Å². The number of carbonyl (C=O) groups is 1. The minimum Gasteiger partial charge on any atom is -0.339 e. The predicted molar refractivity (Wildman–Crippen MR) is 101 cm³/mol. The molecule has 0 saturated carbocycles. The van der Waals surface area contributed by atoms with Crippen LogP contribution in [0.4, 0.5) is 0 Å². The maximum Gasteiger partial charge on any atom is 0.244 e. The lowest BCUT2D eigenvalue weighted by molar-refractivity contribution is -0.133. The Labute approximate surface area is 156 Å². The van der Waals surface area contributed by atoms with E-state index in [-0.39, 0.29) is 12.5 Å². The van der Waals surface area contributed by atoms with E-state index in [0.29, 0.717) is 0 Å². The van der Waals surface area contributed by atoms with Gasteiger partial charge in [-0.05, 0) is 29.8 Å². The quantitative estimate of drug-likeness (QED) is 0.708. The molecular formula is C19H20ClN5O. The summed E-state index contributed by atoms with van der Waals surface area (Å²) >= 11 is 6.05. The lowest BCUT2D eigenvalue weighted by Gasteiger charge is -2.34. The first-order valence-electron chi connectivity index (χ1n) is 8.72. The molecule has 26 heavy (non-hydrogen) atoms. The molecule has 2 heterocycles. The Kier molecular flexibility index (Phi) is 4.86. The first-order valence-corrected chi connectivity index (χ1v) is 9.10. The summed E-state index contributed by atoms with van der Waals surface area (Å²) in [5.41, 5.74) is 2.90. The van der Waals surface area contributed by atoms with Crippen molar-refractivity contribution >= 4 is 28.5 Å².